The van der Waals surface area contributed by atoms with Gasteiger partial charge >= 0.3 is 5.97 Å². The second-order valence-electron chi connectivity index (χ2n) is 7.75. The number of hydrogen-bond acceptors (Lipinski definition) is 6. The number of carbonyl (C=O) groups is 3. The lowest BCUT2D eigenvalue weighted by Gasteiger charge is -2.30. The molecular formula is C22H28N2O5. The van der Waals surface area contributed by atoms with Crippen molar-refractivity contribution in [1.29, 1.82) is 0 Å². The largest absolute Gasteiger partial charge is 0.499 e. The molecular weight excluding hydrogens is 372 g/mol. The third-order valence-corrected chi connectivity index (χ3v) is 5.33. The number of hydrogen-bond donors (Lipinski definition) is 1. The van der Waals surface area contributed by atoms with Gasteiger partial charge in [-0.25, -0.2) is 0 Å². The number of nitrogens with zero attached hydrogens (tertiary/aromatic N) is 1. The first-order chi connectivity index (χ1) is 13.9. The summed E-state index contributed by atoms with van der Waals surface area (Å²) in [6.07, 6.45) is 2.32. The Morgan fingerprint density at radius 2 is 1.97 bits per heavy atom. The van der Waals surface area contributed by atoms with Crippen LogP contribution >= 0.6 is 0 Å². The molecule has 3 rings (SSSR count). The molecule has 29 heavy (non-hydrogen) atoms. The van der Waals surface area contributed by atoms with Gasteiger partial charge in [0.1, 0.15) is 17.8 Å². The quantitative estimate of drug-likeness (QED) is 0.703. The number of ether oxygens (including phenoxy) is 2. The van der Waals surface area contributed by atoms with Gasteiger partial charge in [-0.15, -0.1) is 0 Å². The molecule has 0 aliphatic carbocycles. The molecule has 0 aromatic heterocycles. The molecule has 156 valence electrons. The number of benzene rings is 1. The number of rotatable bonds is 7. The second kappa shape index (κ2) is 9.22. The van der Waals surface area contributed by atoms with Crippen molar-refractivity contribution in [3.05, 3.63) is 47.7 Å². The summed E-state index contributed by atoms with van der Waals surface area (Å²) >= 11 is 0. The summed E-state index contributed by atoms with van der Waals surface area (Å²) < 4.78 is 11.0. The van der Waals surface area contributed by atoms with Crippen LogP contribution in [0, 0.1) is 5.92 Å². The highest BCUT2D eigenvalue weighted by molar-refractivity contribution is 6.06. The molecule has 0 radical (unpaired) electrons. The molecule has 2 heterocycles. The van der Waals surface area contributed by atoms with Gasteiger partial charge in [-0.1, -0.05) is 44.2 Å². The first kappa shape index (κ1) is 21.0. The Morgan fingerprint density at radius 1 is 1.24 bits per heavy atom. The molecule has 2 aliphatic heterocycles. The molecule has 1 saturated heterocycles. The normalized spacial score (nSPS) is 22.6. The SMILES string of the molecule is COC1=CC(=O)N(C(=O)[C@@H](OC(=O)[C@@H]2CCCN2)C(C)C)[C@H]1Cc1ccccc1. The van der Waals surface area contributed by atoms with Crippen LogP contribution in [-0.2, 0) is 30.3 Å². The molecule has 1 fully saturated rings. The van der Waals surface area contributed by atoms with E-state index in [9.17, 15) is 14.4 Å². The average Bonchev–Trinajstić information content (AvgIpc) is 3.34. The van der Waals surface area contributed by atoms with Crippen LogP contribution in [0.4, 0.5) is 0 Å². The van der Waals surface area contributed by atoms with Crippen molar-refractivity contribution in [3.8, 4) is 0 Å². The summed E-state index contributed by atoms with van der Waals surface area (Å²) in [5.41, 5.74) is 0.973. The molecule has 0 unspecified atom stereocenters. The van der Waals surface area contributed by atoms with E-state index in [0.29, 0.717) is 18.6 Å². The molecule has 2 aliphatic rings. The topological polar surface area (TPSA) is 84.9 Å². The lowest BCUT2D eigenvalue weighted by molar-refractivity contribution is -0.167. The molecule has 1 aromatic rings. The molecule has 7 heteroatoms. The fraction of sp³-hybridized carbons (Fsp3) is 0.500. The van der Waals surface area contributed by atoms with Gasteiger partial charge < -0.3 is 14.8 Å². The Labute approximate surface area is 171 Å². The fourth-order valence-electron chi connectivity index (χ4n) is 3.76. The van der Waals surface area contributed by atoms with E-state index in [1.165, 1.54) is 18.1 Å². The fourth-order valence-corrected chi connectivity index (χ4v) is 3.76. The van der Waals surface area contributed by atoms with Gasteiger partial charge in [-0.2, -0.15) is 0 Å². The van der Waals surface area contributed by atoms with Crippen molar-refractivity contribution in [2.24, 2.45) is 5.92 Å². The van der Waals surface area contributed by atoms with Crippen molar-refractivity contribution < 1.29 is 23.9 Å². The third-order valence-electron chi connectivity index (χ3n) is 5.33. The van der Waals surface area contributed by atoms with E-state index in [4.69, 9.17) is 9.47 Å². The van der Waals surface area contributed by atoms with Crippen LogP contribution in [0.15, 0.2) is 42.2 Å². The Morgan fingerprint density at radius 3 is 2.55 bits per heavy atom. The highest BCUT2D eigenvalue weighted by Crippen LogP contribution is 2.27. The van der Waals surface area contributed by atoms with Gasteiger partial charge in [0.25, 0.3) is 11.8 Å². The second-order valence-corrected chi connectivity index (χ2v) is 7.75. The van der Waals surface area contributed by atoms with Gasteiger partial charge in [0.05, 0.1) is 7.11 Å². The van der Waals surface area contributed by atoms with Crippen LogP contribution in [0.1, 0.15) is 32.3 Å². The standard InChI is InChI=1S/C22H28N2O5/c1-14(2)20(29-22(27)16-10-7-11-23-16)21(26)24-17(18(28-3)13-19(24)25)12-15-8-5-4-6-9-15/h4-6,8-9,13-14,16-17,20,23H,7,10-12H2,1-3H3/t16-,17-,20-/m0/s1. The Balaban J connectivity index is 1.80. The van der Waals surface area contributed by atoms with E-state index in [2.05, 4.69) is 5.32 Å². The maximum absolute atomic E-state index is 13.3. The third kappa shape index (κ3) is 4.67. The highest BCUT2D eigenvalue weighted by atomic mass is 16.6. The maximum atomic E-state index is 13.3. The molecule has 1 aromatic carbocycles. The van der Waals surface area contributed by atoms with Crippen molar-refractivity contribution in [3.63, 3.8) is 0 Å². The predicted molar refractivity (Wildman–Crippen MR) is 107 cm³/mol. The van der Waals surface area contributed by atoms with Crippen LogP contribution < -0.4 is 5.32 Å². The Kier molecular flexibility index (Phi) is 6.69. The van der Waals surface area contributed by atoms with E-state index in [1.807, 2.05) is 30.3 Å². The molecule has 2 amide bonds. The number of imide groups is 1. The number of carbonyl (C=O) groups excluding carboxylic acids is 3. The van der Waals surface area contributed by atoms with E-state index in [1.54, 1.807) is 13.8 Å². The van der Waals surface area contributed by atoms with Crippen LogP contribution in [0.3, 0.4) is 0 Å². The van der Waals surface area contributed by atoms with E-state index < -0.39 is 36.0 Å². The number of amides is 2. The average molecular weight is 400 g/mol. The monoisotopic (exact) mass is 400 g/mol. The molecule has 3 atom stereocenters. The van der Waals surface area contributed by atoms with E-state index >= 15 is 0 Å². The van der Waals surface area contributed by atoms with Crippen LogP contribution in [0.5, 0.6) is 0 Å². The first-order valence-electron chi connectivity index (χ1n) is 10.0. The van der Waals surface area contributed by atoms with Crippen molar-refractivity contribution in [2.75, 3.05) is 13.7 Å². The highest BCUT2D eigenvalue weighted by Gasteiger charge is 2.43. The smallest absolute Gasteiger partial charge is 0.323 e. The van der Waals surface area contributed by atoms with Crippen molar-refractivity contribution in [1.82, 2.24) is 10.2 Å². The Hall–Kier alpha value is -2.67. The molecule has 0 spiro atoms. The number of methoxy groups -OCH3 is 1. The lowest BCUT2D eigenvalue weighted by Crippen LogP contribution is -2.50. The molecule has 0 saturated carbocycles. The maximum Gasteiger partial charge on any atom is 0.323 e. The van der Waals surface area contributed by atoms with Crippen LogP contribution in [0.2, 0.25) is 0 Å². The minimum absolute atomic E-state index is 0.273. The summed E-state index contributed by atoms with van der Waals surface area (Å²) in [5, 5.41) is 3.08. The zero-order valence-electron chi connectivity index (χ0n) is 17.1. The van der Waals surface area contributed by atoms with Gasteiger partial charge in [0.2, 0.25) is 0 Å². The molecule has 0 bridgehead atoms. The summed E-state index contributed by atoms with van der Waals surface area (Å²) in [6.45, 7) is 4.36. The first-order valence-corrected chi connectivity index (χ1v) is 10.0. The van der Waals surface area contributed by atoms with Crippen molar-refractivity contribution >= 4 is 17.8 Å². The summed E-state index contributed by atoms with van der Waals surface area (Å²) in [4.78, 5) is 39.6. The van der Waals surface area contributed by atoms with E-state index in [0.717, 1.165) is 18.5 Å². The van der Waals surface area contributed by atoms with Crippen LogP contribution in [0.25, 0.3) is 0 Å². The van der Waals surface area contributed by atoms with Gasteiger partial charge in [0.15, 0.2) is 6.10 Å². The van der Waals surface area contributed by atoms with Gasteiger partial charge in [-0.3, -0.25) is 19.3 Å². The Bertz CT molecular complexity index is 784. The lowest BCUT2D eigenvalue weighted by atomic mass is 10.0. The zero-order chi connectivity index (χ0) is 21.0. The van der Waals surface area contributed by atoms with E-state index in [-0.39, 0.29) is 5.92 Å². The predicted octanol–water partition coefficient (Wildman–Crippen LogP) is 1.82. The van der Waals surface area contributed by atoms with Gasteiger partial charge in [-0.05, 0) is 30.9 Å². The number of esters is 1. The van der Waals surface area contributed by atoms with Crippen LogP contribution in [-0.4, -0.2) is 54.5 Å². The molecule has 7 nitrogen and oxygen atoms in total. The number of nitrogens with one attached hydrogen (secondary N) is 1. The van der Waals surface area contributed by atoms with Gasteiger partial charge in [0, 0.05) is 12.5 Å². The van der Waals surface area contributed by atoms with Crippen molar-refractivity contribution in [2.45, 2.75) is 51.3 Å². The molecule has 1 N–H and O–H groups in total. The summed E-state index contributed by atoms with van der Waals surface area (Å²) in [7, 11) is 1.48. The summed E-state index contributed by atoms with van der Waals surface area (Å²) in [6, 6.07) is 8.63. The minimum Gasteiger partial charge on any atom is -0.499 e. The minimum atomic E-state index is -1.03. The summed E-state index contributed by atoms with van der Waals surface area (Å²) in [5.74, 6) is -1.25. The zero-order valence-corrected chi connectivity index (χ0v) is 17.1.